The molecule has 0 radical (unpaired) electrons. The Hall–Kier alpha value is -3.15. The number of carbonyl (C=O) groups excluding carboxylic acids is 3. The second-order valence-corrected chi connectivity index (χ2v) is 6.53. The van der Waals surface area contributed by atoms with Gasteiger partial charge in [0.25, 0.3) is 5.91 Å². The number of benzene rings is 2. The zero-order chi connectivity index (χ0) is 19.3. The highest BCUT2D eigenvalue weighted by Gasteiger charge is 2.51. The fourth-order valence-corrected chi connectivity index (χ4v) is 3.32. The van der Waals surface area contributed by atoms with Crippen molar-refractivity contribution < 1.29 is 14.4 Å². The summed E-state index contributed by atoms with van der Waals surface area (Å²) in [5, 5.41) is 5.55. The maximum atomic E-state index is 13.0. The molecule has 3 rings (SSSR count). The van der Waals surface area contributed by atoms with E-state index in [0.717, 1.165) is 16.0 Å². The first-order chi connectivity index (χ1) is 13.1. The van der Waals surface area contributed by atoms with E-state index in [1.54, 1.807) is 0 Å². The number of urea groups is 1. The fraction of sp³-hybridized carbons (Fsp3) is 0.286. The molecule has 140 valence electrons. The zero-order valence-corrected chi connectivity index (χ0v) is 15.3. The number of hydrogen-bond donors (Lipinski definition) is 2. The van der Waals surface area contributed by atoms with E-state index in [0.29, 0.717) is 19.4 Å². The standard InChI is InChI=1S/C21H23N3O3/c1-2-21(17-11-7-4-8-12-17)19(26)24(20(27)23-21)15-18(25)22-14-13-16-9-5-3-6-10-16/h3-12H,2,13-15H2,1H3,(H,22,25)(H,23,27). The summed E-state index contributed by atoms with van der Waals surface area (Å²) >= 11 is 0. The van der Waals surface area contributed by atoms with Crippen molar-refractivity contribution in [1.82, 2.24) is 15.5 Å². The maximum absolute atomic E-state index is 13.0. The van der Waals surface area contributed by atoms with Crippen molar-refractivity contribution in [1.29, 1.82) is 0 Å². The van der Waals surface area contributed by atoms with E-state index in [2.05, 4.69) is 10.6 Å². The highest BCUT2D eigenvalue weighted by atomic mass is 16.2. The van der Waals surface area contributed by atoms with E-state index in [1.165, 1.54) is 0 Å². The highest BCUT2D eigenvalue weighted by Crippen LogP contribution is 2.32. The zero-order valence-electron chi connectivity index (χ0n) is 15.3. The normalized spacial score (nSPS) is 19.1. The molecule has 6 nitrogen and oxygen atoms in total. The number of rotatable bonds is 7. The Balaban J connectivity index is 1.62. The summed E-state index contributed by atoms with van der Waals surface area (Å²) < 4.78 is 0. The van der Waals surface area contributed by atoms with Gasteiger partial charge in [0.05, 0.1) is 0 Å². The van der Waals surface area contributed by atoms with Crippen molar-refractivity contribution in [2.75, 3.05) is 13.1 Å². The molecule has 1 fully saturated rings. The van der Waals surface area contributed by atoms with E-state index < -0.39 is 11.6 Å². The number of nitrogens with zero attached hydrogens (tertiary/aromatic N) is 1. The first-order valence-corrected chi connectivity index (χ1v) is 9.07. The van der Waals surface area contributed by atoms with Crippen molar-refractivity contribution in [3.05, 3.63) is 71.8 Å². The van der Waals surface area contributed by atoms with Crippen LogP contribution in [0.15, 0.2) is 60.7 Å². The molecule has 0 aromatic heterocycles. The predicted octanol–water partition coefficient (Wildman–Crippen LogP) is 2.20. The summed E-state index contributed by atoms with van der Waals surface area (Å²) in [6.45, 7) is 2.01. The number of hydrogen-bond acceptors (Lipinski definition) is 3. The van der Waals surface area contributed by atoms with Crippen LogP contribution in [0.2, 0.25) is 0 Å². The van der Waals surface area contributed by atoms with Gasteiger partial charge in [-0.2, -0.15) is 0 Å². The van der Waals surface area contributed by atoms with Crippen molar-refractivity contribution in [2.24, 2.45) is 0 Å². The van der Waals surface area contributed by atoms with Gasteiger partial charge in [-0.05, 0) is 24.0 Å². The molecule has 1 saturated heterocycles. The van der Waals surface area contributed by atoms with Crippen molar-refractivity contribution in [3.8, 4) is 0 Å². The van der Waals surface area contributed by atoms with E-state index in [9.17, 15) is 14.4 Å². The Kier molecular flexibility index (Phi) is 5.54. The Bertz CT molecular complexity index is 823. The van der Waals surface area contributed by atoms with Crippen LogP contribution in [-0.4, -0.2) is 35.8 Å². The number of amides is 4. The molecule has 0 spiro atoms. The van der Waals surface area contributed by atoms with Gasteiger partial charge < -0.3 is 10.6 Å². The van der Waals surface area contributed by atoms with Gasteiger partial charge in [-0.3, -0.25) is 14.5 Å². The van der Waals surface area contributed by atoms with Gasteiger partial charge in [0.1, 0.15) is 12.1 Å². The summed E-state index contributed by atoms with van der Waals surface area (Å²) in [5.41, 5.74) is 0.725. The number of nitrogens with one attached hydrogen (secondary N) is 2. The minimum Gasteiger partial charge on any atom is -0.354 e. The van der Waals surface area contributed by atoms with Crippen LogP contribution in [0.1, 0.15) is 24.5 Å². The lowest BCUT2D eigenvalue weighted by atomic mass is 9.87. The molecular weight excluding hydrogens is 342 g/mol. The largest absolute Gasteiger partial charge is 0.354 e. The van der Waals surface area contributed by atoms with Crippen LogP contribution in [-0.2, 0) is 21.5 Å². The lowest BCUT2D eigenvalue weighted by Crippen LogP contribution is -2.45. The van der Waals surface area contributed by atoms with Gasteiger partial charge >= 0.3 is 6.03 Å². The van der Waals surface area contributed by atoms with Crippen LogP contribution >= 0.6 is 0 Å². The van der Waals surface area contributed by atoms with Crippen LogP contribution in [0.4, 0.5) is 4.79 Å². The molecule has 0 saturated carbocycles. The predicted molar refractivity (Wildman–Crippen MR) is 102 cm³/mol. The van der Waals surface area contributed by atoms with Gasteiger partial charge in [0, 0.05) is 6.54 Å². The van der Waals surface area contributed by atoms with Crippen molar-refractivity contribution >= 4 is 17.8 Å². The monoisotopic (exact) mass is 365 g/mol. The third kappa shape index (κ3) is 3.84. The molecule has 1 unspecified atom stereocenters. The minimum absolute atomic E-state index is 0.284. The van der Waals surface area contributed by atoms with E-state index in [-0.39, 0.29) is 18.4 Å². The molecular formula is C21H23N3O3. The minimum atomic E-state index is -1.11. The van der Waals surface area contributed by atoms with E-state index in [1.807, 2.05) is 67.6 Å². The summed E-state index contributed by atoms with van der Waals surface area (Å²) in [6, 6.07) is 18.4. The van der Waals surface area contributed by atoms with Crippen LogP contribution < -0.4 is 10.6 Å². The summed E-state index contributed by atoms with van der Waals surface area (Å²) in [5.74, 6) is -0.742. The molecule has 1 atom stereocenters. The topological polar surface area (TPSA) is 78.5 Å². The third-order valence-electron chi connectivity index (χ3n) is 4.85. The molecule has 2 N–H and O–H groups in total. The van der Waals surface area contributed by atoms with Crippen LogP contribution in [0.3, 0.4) is 0 Å². The first-order valence-electron chi connectivity index (χ1n) is 9.07. The Morgan fingerprint density at radius 3 is 2.30 bits per heavy atom. The SMILES string of the molecule is CCC1(c2ccccc2)NC(=O)N(CC(=O)NCCc2ccccc2)C1=O. The molecule has 1 aliphatic heterocycles. The van der Waals surface area contributed by atoms with E-state index >= 15 is 0 Å². The average molecular weight is 365 g/mol. The fourth-order valence-electron chi connectivity index (χ4n) is 3.32. The van der Waals surface area contributed by atoms with Crippen molar-refractivity contribution in [2.45, 2.75) is 25.3 Å². The molecule has 1 aliphatic rings. The Labute approximate surface area is 158 Å². The van der Waals surface area contributed by atoms with Gasteiger partial charge in [0.15, 0.2) is 0 Å². The molecule has 2 aromatic carbocycles. The lowest BCUT2D eigenvalue weighted by Gasteiger charge is -2.25. The van der Waals surface area contributed by atoms with Gasteiger partial charge in [0.2, 0.25) is 5.91 Å². The van der Waals surface area contributed by atoms with E-state index in [4.69, 9.17) is 0 Å². The molecule has 1 heterocycles. The van der Waals surface area contributed by atoms with Crippen LogP contribution in [0.25, 0.3) is 0 Å². The maximum Gasteiger partial charge on any atom is 0.325 e. The summed E-state index contributed by atoms with van der Waals surface area (Å²) in [7, 11) is 0. The lowest BCUT2D eigenvalue weighted by molar-refractivity contribution is -0.135. The van der Waals surface area contributed by atoms with Crippen molar-refractivity contribution in [3.63, 3.8) is 0 Å². The van der Waals surface area contributed by atoms with Gasteiger partial charge in [-0.15, -0.1) is 0 Å². The quantitative estimate of drug-likeness (QED) is 0.739. The summed E-state index contributed by atoms with van der Waals surface area (Å²) in [6.07, 6.45) is 1.10. The third-order valence-corrected chi connectivity index (χ3v) is 4.85. The highest BCUT2D eigenvalue weighted by molar-refractivity contribution is 6.09. The first kappa shape index (κ1) is 18.6. The number of carbonyl (C=O) groups is 3. The Morgan fingerprint density at radius 1 is 1.04 bits per heavy atom. The van der Waals surface area contributed by atoms with Crippen LogP contribution in [0, 0.1) is 0 Å². The second kappa shape index (κ2) is 8.03. The van der Waals surface area contributed by atoms with Gasteiger partial charge in [-0.1, -0.05) is 67.6 Å². The average Bonchev–Trinajstić information content (AvgIpc) is 2.94. The Morgan fingerprint density at radius 2 is 1.67 bits per heavy atom. The van der Waals surface area contributed by atoms with Gasteiger partial charge in [-0.25, -0.2) is 4.79 Å². The van der Waals surface area contributed by atoms with Crippen LogP contribution in [0.5, 0.6) is 0 Å². The summed E-state index contributed by atoms with van der Waals surface area (Å²) in [4.78, 5) is 38.6. The molecule has 0 aliphatic carbocycles. The number of imide groups is 1. The molecule has 27 heavy (non-hydrogen) atoms. The molecule has 6 heteroatoms. The molecule has 4 amide bonds. The second-order valence-electron chi connectivity index (χ2n) is 6.53. The molecule has 0 bridgehead atoms. The molecule has 2 aromatic rings. The smallest absolute Gasteiger partial charge is 0.325 e.